The monoisotopic (exact) mass is 298 g/mol. The Balaban J connectivity index is 2.76. The number of nitrogens with two attached hydrogens (primary N) is 1. The minimum absolute atomic E-state index is 0.0193. The molecule has 0 saturated heterocycles. The van der Waals surface area contributed by atoms with E-state index in [1.807, 2.05) is 0 Å². The second kappa shape index (κ2) is 5.64. The number of halogens is 1. The van der Waals surface area contributed by atoms with E-state index in [2.05, 4.69) is 4.72 Å². The molecule has 5 nitrogen and oxygen atoms in total. The summed E-state index contributed by atoms with van der Waals surface area (Å²) in [4.78, 5) is 0. The molecule has 17 heavy (non-hydrogen) atoms. The van der Waals surface area contributed by atoms with Gasteiger partial charge in [-0.05, 0) is 25.5 Å². The van der Waals surface area contributed by atoms with Crippen molar-refractivity contribution in [1.29, 1.82) is 0 Å². The Hall–Kier alpha value is -0.180. The van der Waals surface area contributed by atoms with Crippen LogP contribution in [0, 0.1) is 6.92 Å². The summed E-state index contributed by atoms with van der Waals surface area (Å²) in [5.74, 6) is 0. The van der Waals surface area contributed by atoms with Gasteiger partial charge >= 0.3 is 0 Å². The zero-order chi connectivity index (χ0) is 13.2. The van der Waals surface area contributed by atoms with Crippen molar-refractivity contribution in [2.45, 2.75) is 30.2 Å². The van der Waals surface area contributed by atoms with Crippen molar-refractivity contribution in [3.63, 3.8) is 0 Å². The maximum Gasteiger partial charge on any atom is 0.250 e. The van der Waals surface area contributed by atoms with Gasteiger partial charge in [-0.25, -0.2) is 13.1 Å². The maximum absolute atomic E-state index is 11.8. The van der Waals surface area contributed by atoms with E-state index in [-0.39, 0.29) is 10.8 Å². The van der Waals surface area contributed by atoms with Crippen molar-refractivity contribution >= 4 is 33.0 Å². The molecule has 0 radical (unpaired) electrons. The SMILES string of the molecule is Cc1cc(S(=O)(=O)NCC(N)C(C)O)sc1Cl. The molecular formula is C9H15ClN2O3S2. The van der Waals surface area contributed by atoms with Crippen LogP contribution >= 0.6 is 22.9 Å². The first-order valence-corrected chi connectivity index (χ1v) is 7.61. The van der Waals surface area contributed by atoms with Gasteiger partial charge < -0.3 is 10.8 Å². The fraction of sp³-hybridized carbons (Fsp3) is 0.556. The van der Waals surface area contributed by atoms with Crippen LogP contribution in [0.2, 0.25) is 4.34 Å². The number of aliphatic hydroxyl groups excluding tert-OH is 1. The number of aryl methyl sites for hydroxylation is 1. The number of rotatable bonds is 5. The largest absolute Gasteiger partial charge is 0.392 e. The minimum atomic E-state index is -3.60. The highest BCUT2D eigenvalue weighted by atomic mass is 35.5. The van der Waals surface area contributed by atoms with Crippen molar-refractivity contribution in [1.82, 2.24) is 4.72 Å². The number of sulfonamides is 1. The van der Waals surface area contributed by atoms with E-state index in [4.69, 9.17) is 22.4 Å². The summed E-state index contributed by atoms with van der Waals surface area (Å²) in [6.45, 7) is 3.22. The van der Waals surface area contributed by atoms with E-state index in [0.29, 0.717) is 4.34 Å². The molecule has 2 unspecified atom stereocenters. The van der Waals surface area contributed by atoms with Crippen LogP contribution in [0.4, 0.5) is 0 Å². The fourth-order valence-corrected chi connectivity index (χ4v) is 3.84. The van der Waals surface area contributed by atoms with Gasteiger partial charge in [0.2, 0.25) is 10.0 Å². The molecule has 1 aromatic heterocycles. The predicted molar refractivity (Wildman–Crippen MR) is 68.9 cm³/mol. The standard InChI is InChI=1S/C9H15ClN2O3S2/c1-5-3-8(16-9(5)10)17(14,15)12-4-7(11)6(2)13/h3,6-7,12-13H,4,11H2,1-2H3. The summed E-state index contributed by atoms with van der Waals surface area (Å²) in [5.41, 5.74) is 6.26. The van der Waals surface area contributed by atoms with E-state index in [1.54, 1.807) is 6.92 Å². The summed E-state index contributed by atoms with van der Waals surface area (Å²) >= 11 is 6.80. The molecule has 4 N–H and O–H groups in total. The Morgan fingerprint density at radius 2 is 2.24 bits per heavy atom. The third-order valence-corrected chi connectivity index (χ3v) is 5.68. The zero-order valence-corrected chi connectivity index (χ0v) is 11.9. The zero-order valence-electron chi connectivity index (χ0n) is 9.47. The molecule has 1 aromatic rings. The highest BCUT2D eigenvalue weighted by molar-refractivity contribution is 7.91. The lowest BCUT2D eigenvalue weighted by Crippen LogP contribution is -2.43. The van der Waals surface area contributed by atoms with Crippen molar-refractivity contribution in [3.8, 4) is 0 Å². The van der Waals surface area contributed by atoms with Crippen LogP contribution in [0.15, 0.2) is 10.3 Å². The lowest BCUT2D eigenvalue weighted by Gasteiger charge is -2.14. The number of thiophene rings is 1. The molecule has 1 heterocycles. The van der Waals surface area contributed by atoms with Gasteiger partial charge in [0.25, 0.3) is 0 Å². The van der Waals surface area contributed by atoms with Gasteiger partial charge in [-0.1, -0.05) is 11.6 Å². The molecule has 0 amide bonds. The highest BCUT2D eigenvalue weighted by Gasteiger charge is 2.20. The van der Waals surface area contributed by atoms with Gasteiger partial charge in [0, 0.05) is 12.6 Å². The molecule has 0 aliphatic rings. The molecule has 0 bridgehead atoms. The molecule has 2 atom stereocenters. The average molecular weight is 299 g/mol. The van der Waals surface area contributed by atoms with Crippen LogP contribution in [-0.2, 0) is 10.0 Å². The van der Waals surface area contributed by atoms with Gasteiger partial charge in [0.05, 0.1) is 10.4 Å². The molecule has 0 saturated carbocycles. The predicted octanol–water partition coefficient (Wildman–Crippen LogP) is 0.696. The summed E-state index contributed by atoms with van der Waals surface area (Å²) in [6, 6.07) is 0.866. The first-order valence-electron chi connectivity index (χ1n) is 4.93. The third-order valence-electron chi connectivity index (χ3n) is 2.23. The summed E-state index contributed by atoms with van der Waals surface area (Å²) in [5, 5.41) is 9.16. The smallest absolute Gasteiger partial charge is 0.250 e. The topological polar surface area (TPSA) is 92.4 Å². The second-order valence-electron chi connectivity index (χ2n) is 3.78. The van der Waals surface area contributed by atoms with Gasteiger partial charge in [-0.2, -0.15) is 0 Å². The van der Waals surface area contributed by atoms with E-state index < -0.39 is 22.2 Å². The molecule has 0 aromatic carbocycles. The Labute approximate surface area is 110 Å². The quantitative estimate of drug-likeness (QED) is 0.746. The van der Waals surface area contributed by atoms with Gasteiger partial charge in [-0.15, -0.1) is 11.3 Å². The Kier molecular flexibility index (Phi) is 4.94. The lowest BCUT2D eigenvalue weighted by atomic mass is 10.2. The van der Waals surface area contributed by atoms with Crippen molar-refractivity contribution in [3.05, 3.63) is 16.0 Å². The summed E-state index contributed by atoms with van der Waals surface area (Å²) in [7, 11) is -3.60. The molecule has 8 heteroatoms. The first kappa shape index (κ1) is 14.9. The average Bonchev–Trinajstić information content (AvgIpc) is 2.56. The lowest BCUT2D eigenvalue weighted by molar-refractivity contribution is 0.164. The van der Waals surface area contributed by atoms with Crippen LogP contribution < -0.4 is 10.5 Å². The van der Waals surface area contributed by atoms with E-state index in [1.165, 1.54) is 13.0 Å². The van der Waals surface area contributed by atoms with Crippen LogP contribution in [0.3, 0.4) is 0 Å². The highest BCUT2D eigenvalue weighted by Crippen LogP contribution is 2.29. The van der Waals surface area contributed by atoms with Gasteiger partial charge in [0.15, 0.2) is 0 Å². The molecule has 0 aliphatic heterocycles. The van der Waals surface area contributed by atoms with E-state index in [9.17, 15) is 8.42 Å². The normalized spacial score (nSPS) is 15.8. The number of nitrogens with one attached hydrogen (secondary N) is 1. The minimum Gasteiger partial charge on any atom is -0.392 e. The van der Waals surface area contributed by atoms with Crippen molar-refractivity contribution in [2.24, 2.45) is 5.73 Å². The molecule has 1 rings (SSSR count). The van der Waals surface area contributed by atoms with Crippen molar-refractivity contribution < 1.29 is 13.5 Å². The summed E-state index contributed by atoms with van der Waals surface area (Å²) < 4.78 is 26.6. The molecule has 0 fully saturated rings. The van der Waals surface area contributed by atoms with Crippen LogP contribution in [0.25, 0.3) is 0 Å². The molecule has 0 aliphatic carbocycles. The molecule has 0 spiro atoms. The van der Waals surface area contributed by atoms with E-state index >= 15 is 0 Å². The molecular weight excluding hydrogens is 284 g/mol. The second-order valence-corrected chi connectivity index (χ2v) is 7.43. The Morgan fingerprint density at radius 3 is 2.65 bits per heavy atom. The number of hydrogen-bond donors (Lipinski definition) is 3. The summed E-state index contributed by atoms with van der Waals surface area (Å²) in [6.07, 6.45) is -0.772. The maximum atomic E-state index is 11.8. The third kappa shape index (κ3) is 3.90. The Morgan fingerprint density at radius 1 is 1.65 bits per heavy atom. The van der Waals surface area contributed by atoms with Gasteiger partial charge in [0.1, 0.15) is 4.21 Å². The fourth-order valence-electron chi connectivity index (χ4n) is 1.01. The Bertz CT molecular complexity index is 465. The number of aliphatic hydroxyl groups is 1. The first-order chi connectivity index (χ1) is 7.74. The number of hydrogen-bond acceptors (Lipinski definition) is 5. The van der Waals surface area contributed by atoms with Crippen molar-refractivity contribution in [2.75, 3.05) is 6.54 Å². The van der Waals surface area contributed by atoms with Crippen LogP contribution in [0.5, 0.6) is 0 Å². The van der Waals surface area contributed by atoms with E-state index in [0.717, 1.165) is 16.9 Å². The van der Waals surface area contributed by atoms with Crippen LogP contribution in [0.1, 0.15) is 12.5 Å². The molecule has 98 valence electrons. The van der Waals surface area contributed by atoms with Gasteiger partial charge in [-0.3, -0.25) is 0 Å². The van der Waals surface area contributed by atoms with Crippen LogP contribution in [-0.4, -0.2) is 32.2 Å².